The number of anilines is 1. The lowest BCUT2D eigenvalue weighted by Gasteiger charge is -2.06. The highest BCUT2D eigenvalue weighted by Crippen LogP contribution is 2.24. The number of primary amides is 1. The van der Waals surface area contributed by atoms with Gasteiger partial charge < -0.3 is 15.9 Å². The fourth-order valence-corrected chi connectivity index (χ4v) is 1.48. The molecule has 1 amide bonds. The summed E-state index contributed by atoms with van der Waals surface area (Å²) in [5, 5.41) is 0. The standard InChI is InChI=1S/C10H10N4O2/c1-5-7(9(11)15)8(14-10(12)13-5)6-3-2-4-16-6/h2-4H,1H3,(H2,11,15)(H2,12,13,14). The molecule has 82 valence electrons. The average molecular weight is 218 g/mol. The first-order chi connectivity index (χ1) is 7.59. The van der Waals surface area contributed by atoms with Crippen LogP contribution in [0, 0.1) is 6.92 Å². The van der Waals surface area contributed by atoms with Crippen LogP contribution >= 0.6 is 0 Å². The highest BCUT2D eigenvalue weighted by molar-refractivity contribution is 5.99. The van der Waals surface area contributed by atoms with Crippen molar-refractivity contribution in [3.63, 3.8) is 0 Å². The first kappa shape index (κ1) is 10.2. The smallest absolute Gasteiger partial charge is 0.252 e. The van der Waals surface area contributed by atoms with Crippen LogP contribution in [0.25, 0.3) is 11.5 Å². The Morgan fingerprint density at radius 1 is 1.44 bits per heavy atom. The van der Waals surface area contributed by atoms with Gasteiger partial charge in [-0.2, -0.15) is 0 Å². The van der Waals surface area contributed by atoms with E-state index in [-0.39, 0.29) is 11.5 Å². The second-order valence-electron chi connectivity index (χ2n) is 3.23. The first-order valence-electron chi connectivity index (χ1n) is 4.57. The minimum Gasteiger partial charge on any atom is -0.463 e. The van der Waals surface area contributed by atoms with Gasteiger partial charge in [0.1, 0.15) is 5.69 Å². The Labute approximate surface area is 91.3 Å². The predicted molar refractivity (Wildman–Crippen MR) is 57.4 cm³/mol. The Bertz CT molecular complexity index is 534. The number of amides is 1. The lowest BCUT2D eigenvalue weighted by molar-refractivity contribution is 0.0999. The van der Waals surface area contributed by atoms with Crippen LogP contribution in [0.1, 0.15) is 16.1 Å². The predicted octanol–water partition coefficient (Wildman–Crippen LogP) is 0.726. The van der Waals surface area contributed by atoms with Crippen molar-refractivity contribution in [3.8, 4) is 11.5 Å². The van der Waals surface area contributed by atoms with Gasteiger partial charge in [0.25, 0.3) is 5.91 Å². The van der Waals surface area contributed by atoms with Gasteiger partial charge in [0.15, 0.2) is 5.76 Å². The molecule has 0 atom stereocenters. The lowest BCUT2D eigenvalue weighted by atomic mass is 10.1. The Balaban J connectivity index is 2.72. The van der Waals surface area contributed by atoms with Crippen molar-refractivity contribution < 1.29 is 9.21 Å². The maximum Gasteiger partial charge on any atom is 0.252 e. The Morgan fingerprint density at radius 3 is 2.75 bits per heavy atom. The van der Waals surface area contributed by atoms with E-state index in [1.54, 1.807) is 19.1 Å². The molecule has 0 radical (unpaired) electrons. The van der Waals surface area contributed by atoms with Crippen LogP contribution in [0.4, 0.5) is 5.95 Å². The van der Waals surface area contributed by atoms with Gasteiger partial charge in [-0.3, -0.25) is 4.79 Å². The molecule has 6 nitrogen and oxygen atoms in total. The number of nitrogens with zero attached hydrogens (tertiary/aromatic N) is 2. The molecule has 0 fully saturated rings. The third-order valence-corrected chi connectivity index (χ3v) is 2.11. The molecule has 2 rings (SSSR count). The van der Waals surface area contributed by atoms with Crippen molar-refractivity contribution in [2.24, 2.45) is 5.73 Å². The largest absolute Gasteiger partial charge is 0.463 e. The third-order valence-electron chi connectivity index (χ3n) is 2.11. The second-order valence-corrected chi connectivity index (χ2v) is 3.23. The second kappa shape index (κ2) is 3.65. The summed E-state index contributed by atoms with van der Waals surface area (Å²) in [6.45, 7) is 1.64. The van der Waals surface area contributed by atoms with E-state index in [1.165, 1.54) is 6.26 Å². The Kier molecular flexibility index (Phi) is 2.32. The van der Waals surface area contributed by atoms with E-state index in [4.69, 9.17) is 15.9 Å². The van der Waals surface area contributed by atoms with Crippen LogP contribution < -0.4 is 11.5 Å². The molecular formula is C10H10N4O2. The van der Waals surface area contributed by atoms with Crippen LogP contribution in [-0.4, -0.2) is 15.9 Å². The molecule has 4 N–H and O–H groups in total. The fourth-order valence-electron chi connectivity index (χ4n) is 1.48. The highest BCUT2D eigenvalue weighted by Gasteiger charge is 2.18. The molecular weight excluding hydrogens is 208 g/mol. The van der Waals surface area contributed by atoms with Crippen LogP contribution in [0.3, 0.4) is 0 Å². The van der Waals surface area contributed by atoms with Crippen LogP contribution in [0.2, 0.25) is 0 Å². The van der Waals surface area contributed by atoms with Gasteiger partial charge in [-0.1, -0.05) is 0 Å². The van der Waals surface area contributed by atoms with Crippen molar-refractivity contribution in [2.45, 2.75) is 6.92 Å². The molecule has 6 heteroatoms. The van der Waals surface area contributed by atoms with Crippen molar-refractivity contribution in [2.75, 3.05) is 5.73 Å². The monoisotopic (exact) mass is 218 g/mol. The van der Waals surface area contributed by atoms with Gasteiger partial charge in [-0.15, -0.1) is 0 Å². The zero-order chi connectivity index (χ0) is 11.7. The van der Waals surface area contributed by atoms with E-state index < -0.39 is 5.91 Å². The van der Waals surface area contributed by atoms with Crippen molar-refractivity contribution in [1.82, 2.24) is 9.97 Å². The summed E-state index contributed by atoms with van der Waals surface area (Å²) in [6.07, 6.45) is 1.48. The molecule has 2 aromatic rings. The molecule has 0 saturated carbocycles. The number of aryl methyl sites for hydroxylation is 1. The Morgan fingerprint density at radius 2 is 2.19 bits per heavy atom. The summed E-state index contributed by atoms with van der Waals surface area (Å²) in [5.74, 6) is -0.0937. The molecule has 0 saturated heterocycles. The van der Waals surface area contributed by atoms with E-state index in [9.17, 15) is 4.79 Å². The minimum atomic E-state index is -0.607. The summed E-state index contributed by atoms with van der Waals surface area (Å²) in [7, 11) is 0. The normalized spacial score (nSPS) is 10.3. The van der Waals surface area contributed by atoms with Gasteiger partial charge in [-0.05, 0) is 19.1 Å². The fraction of sp³-hybridized carbons (Fsp3) is 0.100. The van der Waals surface area contributed by atoms with Gasteiger partial charge in [-0.25, -0.2) is 9.97 Å². The molecule has 0 spiro atoms. The zero-order valence-electron chi connectivity index (χ0n) is 8.60. The van der Waals surface area contributed by atoms with Crippen LogP contribution in [0.15, 0.2) is 22.8 Å². The quantitative estimate of drug-likeness (QED) is 0.772. The highest BCUT2D eigenvalue weighted by atomic mass is 16.3. The number of nitrogen functional groups attached to an aromatic ring is 1. The topological polar surface area (TPSA) is 108 Å². The molecule has 16 heavy (non-hydrogen) atoms. The molecule has 0 bridgehead atoms. The lowest BCUT2D eigenvalue weighted by Crippen LogP contribution is -2.17. The number of hydrogen-bond donors (Lipinski definition) is 2. The molecule has 2 heterocycles. The van der Waals surface area contributed by atoms with E-state index in [2.05, 4.69) is 9.97 Å². The van der Waals surface area contributed by atoms with E-state index in [0.29, 0.717) is 17.1 Å². The van der Waals surface area contributed by atoms with Gasteiger partial charge >= 0.3 is 0 Å². The summed E-state index contributed by atoms with van der Waals surface area (Å²) in [5.41, 5.74) is 11.8. The SMILES string of the molecule is Cc1nc(N)nc(-c2ccco2)c1C(N)=O. The van der Waals surface area contributed by atoms with Gasteiger partial charge in [0.05, 0.1) is 17.5 Å². The number of carbonyl (C=O) groups is 1. The van der Waals surface area contributed by atoms with Crippen molar-refractivity contribution in [3.05, 3.63) is 29.7 Å². The number of nitrogens with two attached hydrogens (primary N) is 2. The first-order valence-corrected chi connectivity index (χ1v) is 4.57. The maximum absolute atomic E-state index is 11.3. The molecule has 2 aromatic heterocycles. The number of rotatable bonds is 2. The Hall–Kier alpha value is -2.37. The summed E-state index contributed by atoms with van der Waals surface area (Å²) < 4.78 is 5.17. The van der Waals surface area contributed by atoms with Gasteiger partial charge in [0, 0.05) is 0 Å². The van der Waals surface area contributed by atoms with E-state index in [1.807, 2.05) is 0 Å². The molecule has 0 unspecified atom stereocenters. The van der Waals surface area contributed by atoms with E-state index >= 15 is 0 Å². The van der Waals surface area contributed by atoms with Crippen LogP contribution in [0.5, 0.6) is 0 Å². The molecule has 0 aliphatic heterocycles. The van der Waals surface area contributed by atoms with Crippen LogP contribution in [-0.2, 0) is 0 Å². The average Bonchev–Trinajstić information content (AvgIpc) is 2.67. The van der Waals surface area contributed by atoms with Crippen molar-refractivity contribution in [1.29, 1.82) is 0 Å². The van der Waals surface area contributed by atoms with Gasteiger partial charge in [0.2, 0.25) is 5.95 Å². The van der Waals surface area contributed by atoms with Crippen molar-refractivity contribution >= 4 is 11.9 Å². The van der Waals surface area contributed by atoms with E-state index in [0.717, 1.165) is 0 Å². The third kappa shape index (κ3) is 1.60. The molecule has 0 aliphatic carbocycles. The summed E-state index contributed by atoms with van der Waals surface area (Å²) in [4.78, 5) is 19.2. The number of hydrogen-bond acceptors (Lipinski definition) is 5. The zero-order valence-corrected chi connectivity index (χ0v) is 8.60. The molecule has 0 aliphatic rings. The maximum atomic E-state index is 11.3. The number of carbonyl (C=O) groups excluding carboxylic acids is 1. The number of aromatic nitrogens is 2. The number of furan rings is 1. The summed E-state index contributed by atoms with van der Waals surface area (Å²) in [6, 6.07) is 3.36. The molecule has 0 aromatic carbocycles. The summed E-state index contributed by atoms with van der Waals surface area (Å²) >= 11 is 0. The minimum absolute atomic E-state index is 0.0777.